The summed E-state index contributed by atoms with van der Waals surface area (Å²) >= 11 is 0. The minimum atomic E-state index is -0.740. The first-order valence-corrected chi connectivity index (χ1v) is 12.9. The number of carbonyl (C=O) groups is 1. The molecule has 2 unspecified atom stereocenters. The van der Waals surface area contributed by atoms with Gasteiger partial charge in [0.25, 0.3) is 0 Å². The van der Waals surface area contributed by atoms with Crippen molar-refractivity contribution in [3.63, 3.8) is 0 Å². The number of β-amino-alcohol motifs (C(OH)–C–C–N with tert-alkyl or cyclic N) is 1. The number of aliphatic hydroxyl groups is 1. The third-order valence-electron chi connectivity index (χ3n) is 8.08. The summed E-state index contributed by atoms with van der Waals surface area (Å²) in [5, 5.41) is 21.4. The largest absolute Gasteiger partial charge is 0.388 e. The van der Waals surface area contributed by atoms with Gasteiger partial charge in [-0.05, 0) is 34.6 Å². The minimum absolute atomic E-state index is 0.0179. The molecule has 3 aliphatic heterocycles. The molecule has 12 heteroatoms. The van der Waals surface area contributed by atoms with E-state index in [0.29, 0.717) is 63.9 Å². The molecule has 2 saturated heterocycles. The van der Waals surface area contributed by atoms with Gasteiger partial charge in [-0.1, -0.05) is 0 Å². The molecular formula is C25H37FN8O3. The van der Waals surface area contributed by atoms with E-state index in [1.165, 1.54) is 0 Å². The van der Waals surface area contributed by atoms with Crippen LogP contribution in [-0.4, -0.2) is 96.5 Å². The molecule has 2 amide bonds. The molecule has 202 valence electrons. The number of nitrogens with zero attached hydrogens (tertiary/aromatic N) is 6. The minimum Gasteiger partial charge on any atom is -0.388 e. The van der Waals surface area contributed by atoms with E-state index in [2.05, 4.69) is 44.2 Å². The Labute approximate surface area is 216 Å². The lowest BCUT2D eigenvalue weighted by atomic mass is 9.92. The van der Waals surface area contributed by atoms with Gasteiger partial charge >= 0.3 is 6.03 Å². The summed E-state index contributed by atoms with van der Waals surface area (Å²) < 4.78 is 19.7. The number of halogens is 1. The van der Waals surface area contributed by atoms with Crippen LogP contribution in [0.3, 0.4) is 0 Å². The fourth-order valence-electron chi connectivity index (χ4n) is 5.71. The van der Waals surface area contributed by atoms with Gasteiger partial charge in [-0.3, -0.25) is 10.00 Å². The fourth-order valence-corrected chi connectivity index (χ4v) is 5.71. The summed E-state index contributed by atoms with van der Waals surface area (Å²) in [4.78, 5) is 28.0. The van der Waals surface area contributed by atoms with E-state index in [9.17, 15) is 14.3 Å². The van der Waals surface area contributed by atoms with Crippen LogP contribution in [0.15, 0.2) is 6.20 Å². The number of nitrogens with one attached hydrogen (secondary N) is 2. The molecule has 0 radical (unpaired) electrons. The molecule has 11 nitrogen and oxygen atoms in total. The van der Waals surface area contributed by atoms with Crippen molar-refractivity contribution >= 4 is 17.7 Å². The molecule has 3 aliphatic rings. The zero-order valence-electron chi connectivity index (χ0n) is 22.2. The number of H-pyrrole nitrogens is 1. The standard InChI is InChI=1S/C25H37FN8O3/c1-15-12-33(16(2)11-32(15)14-25(36)6-8-37-9-7-25)23(35)34-13-18-20(24(34,4)5)30-31-21(18)29-22-19(26)10-27-17(3)28-22/h10,15-16,36H,6-9,11-14H2,1-5H3,(H2,27,28,29,30,31). The average molecular weight is 517 g/mol. The number of urea groups is 1. The van der Waals surface area contributed by atoms with Crippen molar-refractivity contribution in [1.29, 1.82) is 0 Å². The highest BCUT2D eigenvalue weighted by Gasteiger charge is 2.47. The highest BCUT2D eigenvalue weighted by Crippen LogP contribution is 2.42. The average Bonchev–Trinajstić information content (AvgIpc) is 3.36. The Balaban J connectivity index is 1.30. The first-order chi connectivity index (χ1) is 17.5. The number of ether oxygens (including phenoxy) is 1. The number of hydrogen-bond acceptors (Lipinski definition) is 8. The van der Waals surface area contributed by atoms with Crippen molar-refractivity contribution in [2.45, 2.75) is 77.2 Å². The molecule has 3 N–H and O–H groups in total. The molecule has 0 spiro atoms. The molecule has 2 atom stereocenters. The van der Waals surface area contributed by atoms with E-state index in [0.717, 1.165) is 17.5 Å². The van der Waals surface area contributed by atoms with E-state index in [1.807, 2.05) is 23.6 Å². The highest BCUT2D eigenvalue weighted by atomic mass is 19.1. The number of aromatic amines is 1. The van der Waals surface area contributed by atoms with E-state index in [4.69, 9.17) is 4.74 Å². The first-order valence-electron chi connectivity index (χ1n) is 12.9. The van der Waals surface area contributed by atoms with Crippen LogP contribution >= 0.6 is 0 Å². The molecule has 5 rings (SSSR count). The molecule has 2 fully saturated rings. The summed E-state index contributed by atoms with van der Waals surface area (Å²) in [5.74, 6) is 0.374. The normalized spacial score (nSPS) is 25.3. The van der Waals surface area contributed by atoms with Crippen LogP contribution in [0, 0.1) is 12.7 Å². The molecule has 2 aromatic heterocycles. The van der Waals surface area contributed by atoms with Crippen molar-refractivity contribution in [1.82, 2.24) is 34.9 Å². The molecule has 5 heterocycles. The summed E-state index contributed by atoms with van der Waals surface area (Å²) in [6.45, 7) is 13.2. The quantitative estimate of drug-likeness (QED) is 0.567. The van der Waals surface area contributed by atoms with Crippen LogP contribution in [0.1, 0.15) is 57.6 Å². The van der Waals surface area contributed by atoms with Gasteiger partial charge in [0.1, 0.15) is 5.82 Å². The van der Waals surface area contributed by atoms with Crippen molar-refractivity contribution < 1.29 is 19.0 Å². The topological polar surface area (TPSA) is 123 Å². The van der Waals surface area contributed by atoms with Gasteiger partial charge in [0.05, 0.1) is 29.6 Å². The predicted molar refractivity (Wildman–Crippen MR) is 135 cm³/mol. The Hall–Kier alpha value is -2.83. The number of carbonyl (C=O) groups excluding carboxylic acids is 1. The molecule has 0 aromatic carbocycles. The Bertz CT molecular complexity index is 1160. The zero-order valence-corrected chi connectivity index (χ0v) is 22.2. The molecule has 37 heavy (non-hydrogen) atoms. The number of piperazine rings is 1. The fraction of sp³-hybridized carbons (Fsp3) is 0.680. The van der Waals surface area contributed by atoms with E-state index in [-0.39, 0.29) is 23.9 Å². The van der Waals surface area contributed by atoms with E-state index < -0.39 is 17.0 Å². The highest BCUT2D eigenvalue weighted by molar-refractivity contribution is 5.78. The number of rotatable bonds is 4. The lowest BCUT2D eigenvalue weighted by Crippen LogP contribution is -2.63. The second-order valence-corrected chi connectivity index (χ2v) is 11.2. The van der Waals surface area contributed by atoms with Crippen LogP contribution in [0.25, 0.3) is 0 Å². The van der Waals surface area contributed by atoms with Crippen molar-refractivity contribution in [3.8, 4) is 0 Å². The molecule has 0 bridgehead atoms. The number of anilines is 2. The van der Waals surface area contributed by atoms with Crippen LogP contribution in [-0.2, 0) is 16.8 Å². The van der Waals surface area contributed by atoms with Crippen LogP contribution < -0.4 is 5.32 Å². The van der Waals surface area contributed by atoms with Crippen molar-refractivity contribution in [2.75, 3.05) is 38.2 Å². The lowest BCUT2D eigenvalue weighted by molar-refractivity contribution is -0.0934. The number of amides is 2. The monoisotopic (exact) mass is 516 g/mol. The lowest BCUT2D eigenvalue weighted by Gasteiger charge is -2.49. The maximum absolute atomic E-state index is 14.3. The van der Waals surface area contributed by atoms with Gasteiger partial charge in [0, 0.05) is 63.3 Å². The maximum Gasteiger partial charge on any atom is 0.321 e. The van der Waals surface area contributed by atoms with E-state index in [1.54, 1.807) is 6.92 Å². The third kappa shape index (κ3) is 4.77. The van der Waals surface area contributed by atoms with Gasteiger partial charge in [-0.15, -0.1) is 0 Å². The van der Waals surface area contributed by atoms with Crippen molar-refractivity contribution in [2.24, 2.45) is 0 Å². The van der Waals surface area contributed by atoms with Gasteiger partial charge in [-0.2, -0.15) is 5.10 Å². The Morgan fingerprint density at radius 3 is 2.70 bits per heavy atom. The number of hydrogen-bond donors (Lipinski definition) is 3. The molecule has 0 aliphatic carbocycles. The van der Waals surface area contributed by atoms with Gasteiger partial charge in [-0.25, -0.2) is 19.2 Å². The van der Waals surface area contributed by atoms with Crippen LogP contribution in [0.4, 0.5) is 20.8 Å². The Morgan fingerprint density at radius 1 is 1.24 bits per heavy atom. The van der Waals surface area contributed by atoms with Gasteiger partial charge in [0.2, 0.25) is 0 Å². The second-order valence-electron chi connectivity index (χ2n) is 11.2. The number of fused-ring (bicyclic) bond motifs is 1. The zero-order chi connectivity index (χ0) is 26.5. The summed E-state index contributed by atoms with van der Waals surface area (Å²) in [6, 6.07) is 0.0440. The summed E-state index contributed by atoms with van der Waals surface area (Å²) in [5.41, 5.74) is 0.262. The summed E-state index contributed by atoms with van der Waals surface area (Å²) in [6.07, 6.45) is 2.39. The molecule has 0 saturated carbocycles. The van der Waals surface area contributed by atoms with Crippen molar-refractivity contribution in [3.05, 3.63) is 29.1 Å². The first kappa shape index (κ1) is 25.8. The number of aromatic nitrogens is 4. The number of aryl methyl sites for hydroxylation is 1. The molecular weight excluding hydrogens is 479 g/mol. The smallest absolute Gasteiger partial charge is 0.321 e. The van der Waals surface area contributed by atoms with Gasteiger partial charge < -0.3 is 25.0 Å². The predicted octanol–water partition coefficient (Wildman–Crippen LogP) is 2.50. The Kier molecular flexibility index (Phi) is 6.61. The van der Waals surface area contributed by atoms with Crippen LogP contribution in [0.2, 0.25) is 0 Å². The summed E-state index contributed by atoms with van der Waals surface area (Å²) in [7, 11) is 0. The maximum atomic E-state index is 14.3. The second kappa shape index (κ2) is 9.48. The van der Waals surface area contributed by atoms with E-state index >= 15 is 0 Å². The SMILES string of the molecule is Cc1ncc(F)c(Nc2n[nH]c3c2CN(C(=O)N2CC(C)N(CC4(O)CCOCC4)CC2C)C3(C)C)n1. The van der Waals surface area contributed by atoms with Gasteiger partial charge in [0.15, 0.2) is 17.5 Å². The third-order valence-corrected chi connectivity index (χ3v) is 8.08. The molecule has 2 aromatic rings. The van der Waals surface area contributed by atoms with Crippen LogP contribution in [0.5, 0.6) is 0 Å². The Morgan fingerprint density at radius 2 is 1.97 bits per heavy atom.